The molecule has 2 atom stereocenters. The van der Waals surface area contributed by atoms with E-state index in [-0.39, 0.29) is 5.56 Å². The molecule has 0 N–H and O–H groups in total. The van der Waals surface area contributed by atoms with Crippen molar-refractivity contribution in [3.8, 4) is 11.1 Å². The van der Waals surface area contributed by atoms with Crippen LogP contribution in [-0.2, 0) is 6.54 Å². The number of hydrogen-bond donors (Lipinski definition) is 0. The molecule has 27 heavy (non-hydrogen) atoms. The molecule has 1 saturated heterocycles. The van der Waals surface area contributed by atoms with Gasteiger partial charge < -0.3 is 4.90 Å². The molecule has 0 saturated carbocycles. The number of pyridine rings is 1. The first-order valence-corrected chi connectivity index (χ1v) is 9.79. The maximum Gasteiger partial charge on any atom is 0.261 e. The van der Waals surface area contributed by atoms with Crippen molar-refractivity contribution < 1.29 is 0 Å². The summed E-state index contributed by atoms with van der Waals surface area (Å²) < 4.78 is 1.93. The molecule has 4 heterocycles. The van der Waals surface area contributed by atoms with Crippen molar-refractivity contribution in [3.05, 3.63) is 58.4 Å². The van der Waals surface area contributed by atoms with Crippen molar-refractivity contribution in [2.75, 3.05) is 13.6 Å². The predicted molar refractivity (Wildman–Crippen MR) is 107 cm³/mol. The Hall–Kier alpha value is -2.53. The van der Waals surface area contributed by atoms with E-state index in [9.17, 15) is 4.79 Å². The molecule has 5 rings (SSSR count). The van der Waals surface area contributed by atoms with Crippen molar-refractivity contribution in [2.24, 2.45) is 0 Å². The number of aromatic nitrogens is 3. The summed E-state index contributed by atoms with van der Waals surface area (Å²) in [6.07, 6.45) is 5.19. The maximum atomic E-state index is 13.3. The van der Waals surface area contributed by atoms with Crippen molar-refractivity contribution in [2.45, 2.75) is 44.7 Å². The normalized spacial score (nSPS) is 22.4. The van der Waals surface area contributed by atoms with Crippen molar-refractivity contribution in [3.63, 3.8) is 0 Å². The van der Waals surface area contributed by atoms with E-state index in [0.29, 0.717) is 17.3 Å². The highest BCUT2D eigenvalue weighted by atomic mass is 16.1. The van der Waals surface area contributed by atoms with Gasteiger partial charge in [-0.1, -0.05) is 12.1 Å². The maximum absolute atomic E-state index is 13.3. The Morgan fingerprint density at radius 3 is 2.74 bits per heavy atom. The zero-order valence-corrected chi connectivity index (χ0v) is 15.9. The highest BCUT2D eigenvalue weighted by Crippen LogP contribution is 2.36. The van der Waals surface area contributed by atoms with Gasteiger partial charge in [0.2, 0.25) is 0 Å². The van der Waals surface area contributed by atoms with Gasteiger partial charge in [0.05, 0.1) is 10.9 Å². The molecule has 3 aromatic rings. The highest BCUT2D eigenvalue weighted by Gasteiger charge is 2.36. The Balaban J connectivity index is 1.64. The van der Waals surface area contributed by atoms with Crippen molar-refractivity contribution in [1.29, 1.82) is 0 Å². The fourth-order valence-electron chi connectivity index (χ4n) is 4.77. The second kappa shape index (κ2) is 6.27. The predicted octanol–water partition coefficient (Wildman–Crippen LogP) is 3.35. The number of piperidine rings is 1. The van der Waals surface area contributed by atoms with E-state index >= 15 is 0 Å². The zero-order valence-electron chi connectivity index (χ0n) is 15.9. The van der Waals surface area contributed by atoms with Gasteiger partial charge in [-0.2, -0.15) is 0 Å². The van der Waals surface area contributed by atoms with E-state index in [1.54, 1.807) is 0 Å². The molecule has 2 aliphatic heterocycles. The standard InChI is InChI=1S/C22H24N4O/c1-14-5-6-16(13-23-14)15-7-8-19-18(12-15)22(27)26-11-9-20-17(21(26)24-19)4-3-10-25(20)2/h5-8,12-13,17,20H,3-4,9-11H2,1-2H3/t17-,20-/m1/s1. The second-order valence-electron chi connectivity index (χ2n) is 7.93. The number of rotatable bonds is 1. The fourth-order valence-corrected chi connectivity index (χ4v) is 4.77. The molecule has 0 aliphatic carbocycles. The first-order valence-electron chi connectivity index (χ1n) is 9.79. The minimum absolute atomic E-state index is 0.101. The van der Waals surface area contributed by atoms with Crippen LogP contribution in [0.5, 0.6) is 0 Å². The van der Waals surface area contributed by atoms with E-state index < -0.39 is 0 Å². The largest absolute Gasteiger partial charge is 0.303 e. The Morgan fingerprint density at radius 1 is 1.07 bits per heavy atom. The Bertz CT molecular complexity index is 1070. The van der Waals surface area contributed by atoms with Crippen LogP contribution in [0, 0.1) is 6.92 Å². The number of aryl methyl sites for hydroxylation is 1. The van der Waals surface area contributed by atoms with Crippen LogP contribution in [0.2, 0.25) is 0 Å². The number of likely N-dealkylation sites (tertiary alicyclic amines) is 1. The summed E-state index contributed by atoms with van der Waals surface area (Å²) in [6.45, 7) is 3.88. The van der Waals surface area contributed by atoms with E-state index in [4.69, 9.17) is 4.98 Å². The number of nitrogens with zero attached hydrogens (tertiary/aromatic N) is 4. The smallest absolute Gasteiger partial charge is 0.261 e. The molecule has 0 spiro atoms. The number of likely N-dealkylation sites (N-methyl/N-ethyl adjacent to an activating group) is 1. The summed E-state index contributed by atoms with van der Waals surface area (Å²) in [5.74, 6) is 1.36. The van der Waals surface area contributed by atoms with Gasteiger partial charge >= 0.3 is 0 Å². The summed E-state index contributed by atoms with van der Waals surface area (Å²) in [5.41, 5.74) is 3.94. The van der Waals surface area contributed by atoms with E-state index in [1.807, 2.05) is 42.0 Å². The number of hydrogen-bond acceptors (Lipinski definition) is 4. The van der Waals surface area contributed by atoms with Gasteiger partial charge in [-0.3, -0.25) is 14.3 Å². The molecule has 5 heteroatoms. The molecule has 0 bridgehead atoms. The SMILES string of the molecule is Cc1ccc(-c2ccc3nc4n(c(=O)c3c2)CC[C@@H]2[C@H]4CCCN2C)cn1. The van der Waals surface area contributed by atoms with Gasteiger partial charge in [0, 0.05) is 36.0 Å². The van der Waals surface area contributed by atoms with Crippen LogP contribution >= 0.6 is 0 Å². The van der Waals surface area contributed by atoms with Gasteiger partial charge in [-0.15, -0.1) is 0 Å². The second-order valence-corrected chi connectivity index (χ2v) is 7.93. The molecule has 0 unspecified atom stereocenters. The Morgan fingerprint density at radius 2 is 1.93 bits per heavy atom. The lowest BCUT2D eigenvalue weighted by atomic mass is 9.84. The summed E-state index contributed by atoms with van der Waals surface area (Å²) in [5, 5.41) is 0.708. The molecular weight excluding hydrogens is 336 g/mol. The number of fused-ring (bicyclic) bond motifs is 4. The summed E-state index contributed by atoms with van der Waals surface area (Å²) in [4.78, 5) is 25.0. The molecule has 0 amide bonds. The average Bonchev–Trinajstić information content (AvgIpc) is 2.69. The minimum Gasteiger partial charge on any atom is -0.303 e. The van der Waals surface area contributed by atoms with E-state index in [0.717, 1.165) is 54.1 Å². The fraction of sp³-hybridized carbons (Fsp3) is 0.409. The Kier molecular flexibility index (Phi) is 3.86. The zero-order chi connectivity index (χ0) is 18.5. The van der Waals surface area contributed by atoms with Crippen LogP contribution < -0.4 is 5.56 Å². The lowest BCUT2D eigenvalue weighted by molar-refractivity contribution is 0.123. The molecule has 2 aliphatic rings. The average molecular weight is 360 g/mol. The van der Waals surface area contributed by atoms with Crippen molar-refractivity contribution in [1.82, 2.24) is 19.4 Å². The van der Waals surface area contributed by atoms with Gasteiger partial charge in [0.25, 0.3) is 5.56 Å². The first kappa shape index (κ1) is 16.6. The topological polar surface area (TPSA) is 51.0 Å². The van der Waals surface area contributed by atoms with Crippen LogP contribution in [0.15, 0.2) is 41.3 Å². The third-order valence-electron chi connectivity index (χ3n) is 6.27. The van der Waals surface area contributed by atoms with Gasteiger partial charge in [0.1, 0.15) is 5.82 Å². The third kappa shape index (κ3) is 2.69. The first-order chi connectivity index (χ1) is 13.1. The summed E-state index contributed by atoms with van der Waals surface area (Å²) >= 11 is 0. The molecular formula is C22H24N4O. The summed E-state index contributed by atoms with van der Waals surface area (Å²) in [6, 6.07) is 10.6. The number of benzene rings is 1. The molecule has 2 aromatic heterocycles. The van der Waals surface area contributed by atoms with Gasteiger partial charge in [0.15, 0.2) is 0 Å². The lowest BCUT2D eigenvalue weighted by Gasteiger charge is -2.42. The monoisotopic (exact) mass is 360 g/mol. The van der Waals surface area contributed by atoms with Crippen LogP contribution in [-0.4, -0.2) is 39.1 Å². The highest BCUT2D eigenvalue weighted by molar-refractivity contribution is 5.83. The van der Waals surface area contributed by atoms with Gasteiger partial charge in [-0.05, 0) is 63.5 Å². The van der Waals surface area contributed by atoms with Crippen LogP contribution in [0.1, 0.15) is 36.7 Å². The van der Waals surface area contributed by atoms with Crippen LogP contribution in [0.4, 0.5) is 0 Å². The summed E-state index contributed by atoms with van der Waals surface area (Å²) in [7, 11) is 2.20. The molecule has 1 fully saturated rings. The lowest BCUT2D eigenvalue weighted by Crippen LogP contribution is -2.47. The quantitative estimate of drug-likeness (QED) is 0.668. The molecule has 1 aromatic carbocycles. The van der Waals surface area contributed by atoms with Crippen LogP contribution in [0.3, 0.4) is 0 Å². The van der Waals surface area contributed by atoms with E-state index in [1.165, 1.54) is 6.42 Å². The van der Waals surface area contributed by atoms with Crippen molar-refractivity contribution >= 4 is 10.9 Å². The molecule has 138 valence electrons. The van der Waals surface area contributed by atoms with Crippen LogP contribution in [0.25, 0.3) is 22.0 Å². The van der Waals surface area contributed by atoms with E-state index in [2.05, 4.69) is 23.0 Å². The minimum atomic E-state index is 0.101. The molecule has 0 radical (unpaired) electrons. The molecule has 5 nitrogen and oxygen atoms in total. The Labute approximate surface area is 158 Å². The third-order valence-corrected chi connectivity index (χ3v) is 6.27. The van der Waals surface area contributed by atoms with Gasteiger partial charge in [-0.25, -0.2) is 4.98 Å².